The first-order valence-corrected chi connectivity index (χ1v) is 11.8. The van der Waals surface area contributed by atoms with E-state index in [1.165, 1.54) is 23.1 Å². The zero-order chi connectivity index (χ0) is 21.6. The summed E-state index contributed by atoms with van der Waals surface area (Å²) >= 11 is 2.86. The number of hydrogen-bond acceptors (Lipinski definition) is 8. The number of rotatable bonds is 8. The molecule has 0 unspecified atom stereocenters. The fourth-order valence-electron chi connectivity index (χ4n) is 3.66. The third kappa shape index (κ3) is 5.11. The van der Waals surface area contributed by atoms with Crippen LogP contribution in [0.1, 0.15) is 24.4 Å². The minimum absolute atomic E-state index is 0.0112. The summed E-state index contributed by atoms with van der Waals surface area (Å²) in [6.07, 6.45) is 1.87. The van der Waals surface area contributed by atoms with Crippen LogP contribution in [0.2, 0.25) is 0 Å². The highest BCUT2D eigenvalue weighted by Crippen LogP contribution is 2.39. The summed E-state index contributed by atoms with van der Waals surface area (Å²) in [6.45, 7) is 0.737. The predicted octanol–water partition coefficient (Wildman–Crippen LogP) is 4.75. The number of carbonyl (C=O) groups is 1. The Bertz CT molecular complexity index is 1030. The zero-order valence-corrected chi connectivity index (χ0v) is 19.0. The molecule has 0 spiro atoms. The number of nitrogens with one attached hydrogen (secondary N) is 1. The average Bonchev–Trinajstić information content (AvgIpc) is 3.47. The molecule has 9 heteroatoms. The maximum absolute atomic E-state index is 13.0. The van der Waals surface area contributed by atoms with Crippen molar-refractivity contribution in [3.63, 3.8) is 0 Å². The Balaban J connectivity index is 1.40. The maximum atomic E-state index is 13.0. The van der Waals surface area contributed by atoms with Gasteiger partial charge >= 0.3 is 0 Å². The van der Waals surface area contributed by atoms with E-state index in [0.29, 0.717) is 10.9 Å². The molecule has 1 N–H and O–H groups in total. The molecule has 1 aromatic heterocycles. The second kappa shape index (κ2) is 10.0. The number of hydrogen-bond donors (Lipinski definition) is 1. The molecule has 2 heterocycles. The second-order valence-electron chi connectivity index (χ2n) is 7.01. The van der Waals surface area contributed by atoms with Gasteiger partial charge in [-0.15, -0.1) is 10.2 Å². The van der Waals surface area contributed by atoms with Gasteiger partial charge in [-0.05, 0) is 43.2 Å². The molecule has 1 amide bonds. The van der Waals surface area contributed by atoms with Crippen molar-refractivity contribution < 1.29 is 14.3 Å². The van der Waals surface area contributed by atoms with Crippen molar-refractivity contribution >= 4 is 39.8 Å². The molecule has 1 aliphatic rings. The van der Waals surface area contributed by atoms with E-state index in [9.17, 15) is 4.79 Å². The summed E-state index contributed by atoms with van der Waals surface area (Å²) in [5.41, 5.74) is 1.95. The van der Waals surface area contributed by atoms with E-state index in [1.54, 1.807) is 14.2 Å². The van der Waals surface area contributed by atoms with E-state index in [1.807, 2.05) is 53.4 Å². The Kier molecular flexibility index (Phi) is 6.93. The van der Waals surface area contributed by atoms with E-state index in [4.69, 9.17) is 9.47 Å². The minimum atomic E-state index is -0.0112. The van der Waals surface area contributed by atoms with Crippen LogP contribution in [0.5, 0.6) is 11.5 Å². The van der Waals surface area contributed by atoms with E-state index in [0.717, 1.165) is 46.5 Å². The number of amides is 1. The molecule has 4 rings (SSSR count). The fraction of sp³-hybridized carbons (Fsp3) is 0.318. The first-order valence-electron chi connectivity index (χ1n) is 9.97. The predicted molar refractivity (Wildman–Crippen MR) is 124 cm³/mol. The molecule has 0 radical (unpaired) electrons. The van der Waals surface area contributed by atoms with Crippen LogP contribution in [-0.4, -0.2) is 47.5 Å². The third-order valence-electron chi connectivity index (χ3n) is 5.12. The second-order valence-corrected chi connectivity index (χ2v) is 9.21. The molecular formula is C22H24N4O3S2. The van der Waals surface area contributed by atoms with Gasteiger partial charge in [-0.3, -0.25) is 4.79 Å². The highest BCUT2D eigenvalue weighted by Gasteiger charge is 2.32. The van der Waals surface area contributed by atoms with E-state index in [2.05, 4.69) is 15.5 Å². The van der Waals surface area contributed by atoms with Gasteiger partial charge in [-0.1, -0.05) is 41.3 Å². The summed E-state index contributed by atoms with van der Waals surface area (Å²) < 4.78 is 11.7. The van der Waals surface area contributed by atoms with E-state index < -0.39 is 0 Å². The SMILES string of the molecule is COc1ccc(OC)c([C@@H]2CCCN2C(=O)CSc2nnc(Nc3ccccc3)s2)c1. The molecule has 3 aromatic rings. The monoisotopic (exact) mass is 456 g/mol. The number of ether oxygens (including phenoxy) is 2. The molecular weight excluding hydrogens is 432 g/mol. The molecule has 0 saturated carbocycles. The minimum Gasteiger partial charge on any atom is -0.497 e. The van der Waals surface area contributed by atoms with Crippen LogP contribution in [-0.2, 0) is 4.79 Å². The molecule has 7 nitrogen and oxygen atoms in total. The number of para-hydroxylation sites is 1. The summed E-state index contributed by atoms with van der Waals surface area (Å²) in [6, 6.07) is 15.5. The highest BCUT2D eigenvalue weighted by molar-refractivity contribution is 8.01. The van der Waals surface area contributed by atoms with E-state index in [-0.39, 0.29) is 11.9 Å². The van der Waals surface area contributed by atoms with Gasteiger partial charge in [0.2, 0.25) is 11.0 Å². The molecule has 0 aliphatic carbocycles. The summed E-state index contributed by atoms with van der Waals surface area (Å²) in [5, 5.41) is 12.3. The fourth-order valence-corrected chi connectivity index (χ4v) is 5.32. The zero-order valence-electron chi connectivity index (χ0n) is 17.4. The largest absolute Gasteiger partial charge is 0.497 e. The van der Waals surface area contributed by atoms with Crippen molar-refractivity contribution in [3.8, 4) is 11.5 Å². The maximum Gasteiger partial charge on any atom is 0.233 e. The van der Waals surface area contributed by atoms with Crippen molar-refractivity contribution in [3.05, 3.63) is 54.1 Å². The van der Waals surface area contributed by atoms with Crippen LogP contribution in [0, 0.1) is 0 Å². The Morgan fingerprint density at radius 1 is 1.19 bits per heavy atom. The van der Waals surface area contributed by atoms with Crippen LogP contribution in [0.3, 0.4) is 0 Å². The Labute approximate surface area is 189 Å². The van der Waals surface area contributed by atoms with Gasteiger partial charge < -0.3 is 19.7 Å². The van der Waals surface area contributed by atoms with Crippen LogP contribution < -0.4 is 14.8 Å². The number of benzene rings is 2. The number of nitrogens with zero attached hydrogens (tertiary/aromatic N) is 3. The van der Waals surface area contributed by atoms with Gasteiger partial charge in [0.25, 0.3) is 0 Å². The highest BCUT2D eigenvalue weighted by atomic mass is 32.2. The average molecular weight is 457 g/mol. The van der Waals surface area contributed by atoms with Crippen molar-refractivity contribution in [2.24, 2.45) is 0 Å². The number of methoxy groups -OCH3 is 2. The van der Waals surface area contributed by atoms with Crippen molar-refractivity contribution in [2.75, 3.05) is 31.8 Å². The van der Waals surface area contributed by atoms with Gasteiger partial charge in [0, 0.05) is 17.8 Å². The van der Waals surface area contributed by atoms with Crippen LogP contribution in [0.15, 0.2) is 52.9 Å². The smallest absolute Gasteiger partial charge is 0.233 e. The number of aromatic nitrogens is 2. The summed E-state index contributed by atoms with van der Waals surface area (Å²) in [4.78, 5) is 15.0. The van der Waals surface area contributed by atoms with Crippen molar-refractivity contribution in [1.82, 2.24) is 15.1 Å². The first kappa shape index (κ1) is 21.5. The van der Waals surface area contributed by atoms with Crippen LogP contribution in [0.4, 0.5) is 10.8 Å². The molecule has 31 heavy (non-hydrogen) atoms. The molecule has 2 aromatic carbocycles. The standard InChI is InChI=1S/C22H24N4O3S2/c1-28-16-10-11-19(29-2)17(13-16)18-9-6-12-26(18)20(27)14-30-22-25-24-21(31-22)23-15-7-4-3-5-8-15/h3-5,7-8,10-11,13,18H,6,9,12,14H2,1-2H3,(H,23,24)/t18-/m0/s1. The van der Waals surface area contributed by atoms with Crippen molar-refractivity contribution in [2.45, 2.75) is 23.2 Å². The lowest BCUT2D eigenvalue weighted by atomic mass is 10.0. The summed E-state index contributed by atoms with van der Waals surface area (Å²) in [5.74, 6) is 1.95. The van der Waals surface area contributed by atoms with Crippen molar-refractivity contribution in [1.29, 1.82) is 0 Å². The molecule has 1 fully saturated rings. The lowest BCUT2D eigenvalue weighted by Crippen LogP contribution is -2.32. The van der Waals surface area contributed by atoms with Crippen LogP contribution >= 0.6 is 23.1 Å². The Hall–Kier alpha value is -2.78. The number of anilines is 2. The molecule has 1 saturated heterocycles. The Morgan fingerprint density at radius 2 is 2.03 bits per heavy atom. The van der Waals surface area contributed by atoms with E-state index >= 15 is 0 Å². The summed E-state index contributed by atoms with van der Waals surface area (Å²) in [7, 11) is 3.29. The number of carbonyl (C=O) groups excluding carboxylic acids is 1. The van der Waals surface area contributed by atoms with Gasteiger partial charge in [-0.25, -0.2) is 0 Å². The van der Waals surface area contributed by atoms with Crippen LogP contribution in [0.25, 0.3) is 0 Å². The van der Waals surface area contributed by atoms with Gasteiger partial charge in [0.05, 0.1) is 26.0 Å². The third-order valence-corrected chi connectivity index (χ3v) is 7.08. The molecule has 0 bridgehead atoms. The van der Waals surface area contributed by atoms with Gasteiger partial charge in [-0.2, -0.15) is 0 Å². The molecule has 1 atom stereocenters. The van der Waals surface area contributed by atoms with Gasteiger partial charge in [0.1, 0.15) is 11.5 Å². The number of likely N-dealkylation sites (tertiary alicyclic amines) is 1. The quantitative estimate of drug-likeness (QED) is 0.490. The topological polar surface area (TPSA) is 76.6 Å². The first-order chi connectivity index (χ1) is 15.2. The number of thioether (sulfide) groups is 1. The normalized spacial score (nSPS) is 15.7. The molecule has 162 valence electrons. The van der Waals surface area contributed by atoms with Gasteiger partial charge in [0.15, 0.2) is 4.34 Å². The Morgan fingerprint density at radius 3 is 2.81 bits per heavy atom. The molecule has 1 aliphatic heterocycles. The lowest BCUT2D eigenvalue weighted by molar-refractivity contribution is -0.129. The lowest BCUT2D eigenvalue weighted by Gasteiger charge is -2.26.